The maximum Gasteiger partial charge on any atom is 0.244 e. The van der Waals surface area contributed by atoms with Crippen molar-refractivity contribution in [2.45, 2.75) is 25.2 Å². The Hall–Kier alpha value is -0.820. The summed E-state index contributed by atoms with van der Waals surface area (Å²) in [6, 6.07) is 3.07. The molecule has 1 heterocycles. The largest absolute Gasteiger partial charge is 0.398 e. The van der Waals surface area contributed by atoms with Crippen LogP contribution in [0.4, 0.5) is 5.69 Å². The smallest absolute Gasteiger partial charge is 0.244 e. The Morgan fingerprint density at radius 3 is 2.43 bits per heavy atom. The first-order valence-electron chi connectivity index (χ1n) is 7.14. The van der Waals surface area contributed by atoms with Gasteiger partial charge in [0.05, 0.1) is 5.02 Å². The summed E-state index contributed by atoms with van der Waals surface area (Å²) in [5.74, 6) is 0. The second-order valence-electron chi connectivity index (χ2n) is 5.38. The van der Waals surface area contributed by atoms with Crippen LogP contribution in [0, 0.1) is 6.92 Å². The van der Waals surface area contributed by atoms with E-state index in [2.05, 4.69) is 11.8 Å². The van der Waals surface area contributed by atoms with Gasteiger partial charge in [0.1, 0.15) is 4.90 Å². The van der Waals surface area contributed by atoms with Gasteiger partial charge >= 0.3 is 0 Å². The molecule has 1 saturated heterocycles. The number of anilines is 1. The minimum atomic E-state index is -3.58. The number of sulfonamides is 1. The minimum Gasteiger partial charge on any atom is -0.398 e. The summed E-state index contributed by atoms with van der Waals surface area (Å²) in [5.41, 5.74) is 7.06. The van der Waals surface area contributed by atoms with Gasteiger partial charge < -0.3 is 10.6 Å². The molecule has 2 rings (SSSR count). The topological polar surface area (TPSA) is 66.6 Å². The standard InChI is InChI=1S/C14H22ClN3O2S/c1-3-4-17-5-7-18(8-6-17)21(19,20)14-10-13(16)11(2)9-12(14)15/h9-10H,3-8,16H2,1-2H3. The fourth-order valence-electron chi connectivity index (χ4n) is 2.52. The van der Waals surface area contributed by atoms with Gasteiger partial charge in [0.25, 0.3) is 0 Å². The summed E-state index contributed by atoms with van der Waals surface area (Å²) < 4.78 is 26.9. The van der Waals surface area contributed by atoms with E-state index in [1.165, 1.54) is 10.4 Å². The fourth-order valence-corrected chi connectivity index (χ4v) is 4.53. The highest BCUT2D eigenvalue weighted by atomic mass is 35.5. The van der Waals surface area contributed by atoms with Gasteiger partial charge in [0.15, 0.2) is 0 Å². The summed E-state index contributed by atoms with van der Waals surface area (Å²) in [4.78, 5) is 2.38. The molecule has 1 aromatic rings. The Balaban J connectivity index is 2.22. The average molecular weight is 332 g/mol. The fraction of sp³-hybridized carbons (Fsp3) is 0.571. The maximum absolute atomic E-state index is 12.7. The van der Waals surface area contributed by atoms with E-state index < -0.39 is 10.0 Å². The van der Waals surface area contributed by atoms with E-state index in [1.54, 1.807) is 13.0 Å². The molecule has 7 heteroatoms. The third kappa shape index (κ3) is 3.51. The highest BCUT2D eigenvalue weighted by Gasteiger charge is 2.30. The first-order chi connectivity index (χ1) is 9.86. The lowest BCUT2D eigenvalue weighted by atomic mass is 10.2. The molecule has 1 aliphatic heterocycles. The molecular formula is C14H22ClN3O2S. The van der Waals surface area contributed by atoms with Gasteiger partial charge in [-0.05, 0) is 37.6 Å². The molecule has 21 heavy (non-hydrogen) atoms. The van der Waals surface area contributed by atoms with Crippen molar-refractivity contribution >= 4 is 27.3 Å². The molecule has 1 aliphatic rings. The Morgan fingerprint density at radius 2 is 1.86 bits per heavy atom. The number of nitrogen functional groups attached to an aromatic ring is 1. The molecule has 2 N–H and O–H groups in total. The number of piperazine rings is 1. The number of aryl methyl sites for hydroxylation is 1. The molecule has 0 saturated carbocycles. The van der Waals surface area contributed by atoms with Crippen molar-refractivity contribution in [3.05, 3.63) is 22.7 Å². The van der Waals surface area contributed by atoms with Gasteiger partial charge in [-0.3, -0.25) is 0 Å². The summed E-state index contributed by atoms with van der Waals surface area (Å²) in [6.45, 7) is 7.43. The Labute approximate surface area is 131 Å². The lowest BCUT2D eigenvalue weighted by molar-refractivity contribution is 0.188. The Kier molecular flexibility index (Phi) is 5.14. The number of rotatable bonds is 4. The van der Waals surface area contributed by atoms with Gasteiger partial charge in [-0.25, -0.2) is 8.42 Å². The quantitative estimate of drug-likeness (QED) is 0.856. The highest BCUT2D eigenvalue weighted by Crippen LogP contribution is 2.29. The van der Waals surface area contributed by atoms with E-state index in [0.29, 0.717) is 18.8 Å². The third-order valence-electron chi connectivity index (χ3n) is 3.81. The monoisotopic (exact) mass is 331 g/mol. The number of nitrogens with two attached hydrogens (primary N) is 1. The van der Waals surface area contributed by atoms with Crippen molar-refractivity contribution in [1.29, 1.82) is 0 Å². The second-order valence-corrected chi connectivity index (χ2v) is 7.70. The van der Waals surface area contributed by atoms with Crippen LogP contribution in [0.1, 0.15) is 18.9 Å². The zero-order valence-corrected chi connectivity index (χ0v) is 14.0. The summed E-state index contributed by atoms with van der Waals surface area (Å²) in [5, 5.41) is 0.234. The molecule has 1 aromatic carbocycles. The first-order valence-corrected chi connectivity index (χ1v) is 8.96. The minimum absolute atomic E-state index is 0.108. The van der Waals surface area contributed by atoms with E-state index in [1.807, 2.05) is 0 Å². The van der Waals surface area contributed by atoms with E-state index in [0.717, 1.165) is 31.6 Å². The third-order valence-corrected chi connectivity index (χ3v) is 6.17. The average Bonchev–Trinajstić information content (AvgIpc) is 2.43. The normalized spacial score (nSPS) is 18.0. The SMILES string of the molecule is CCCN1CCN(S(=O)(=O)c2cc(N)c(C)cc2Cl)CC1. The molecule has 0 aromatic heterocycles. The van der Waals surface area contributed by atoms with Crippen LogP contribution in [0.3, 0.4) is 0 Å². The maximum atomic E-state index is 12.7. The summed E-state index contributed by atoms with van der Waals surface area (Å²) >= 11 is 6.11. The number of nitrogens with zero attached hydrogens (tertiary/aromatic N) is 2. The molecule has 0 amide bonds. The first kappa shape index (κ1) is 16.5. The van der Waals surface area contributed by atoms with Crippen LogP contribution in [0.2, 0.25) is 5.02 Å². The van der Waals surface area contributed by atoms with Crippen LogP contribution < -0.4 is 5.73 Å². The summed E-state index contributed by atoms with van der Waals surface area (Å²) in [7, 11) is -3.58. The van der Waals surface area contributed by atoms with Gasteiger partial charge in [-0.2, -0.15) is 4.31 Å². The molecule has 0 unspecified atom stereocenters. The van der Waals surface area contributed by atoms with Crippen molar-refractivity contribution in [3.63, 3.8) is 0 Å². The number of halogens is 1. The Bertz CT molecular complexity index is 611. The number of benzene rings is 1. The van der Waals surface area contributed by atoms with Crippen molar-refractivity contribution in [2.75, 3.05) is 38.5 Å². The van der Waals surface area contributed by atoms with Crippen molar-refractivity contribution in [3.8, 4) is 0 Å². The van der Waals surface area contributed by atoms with E-state index in [-0.39, 0.29) is 9.92 Å². The van der Waals surface area contributed by atoms with Gasteiger partial charge in [-0.1, -0.05) is 18.5 Å². The number of hydrogen-bond acceptors (Lipinski definition) is 4. The van der Waals surface area contributed by atoms with Gasteiger partial charge in [0.2, 0.25) is 10.0 Å². The molecule has 0 bridgehead atoms. The molecule has 1 fully saturated rings. The van der Waals surface area contributed by atoms with E-state index in [9.17, 15) is 8.42 Å². The molecule has 0 spiro atoms. The Morgan fingerprint density at radius 1 is 1.24 bits per heavy atom. The van der Waals surface area contributed by atoms with Crippen LogP contribution in [0.25, 0.3) is 0 Å². The molecule has 0 radical (unpaired) electrons. The van der Waals surface area contributed by atoms with Gasteiger partial charge in [-0.15, -0.1) is 0 Å². The zero-order chi connectivity index (χ0) is 15.6. The van der Waals surface area contributed by atoms with Crippen LogP contribution in [-0.2, 0) is 10.0 Å². The molecule has 118 valence electrons. The van der Waals surface area contributed by atoms with E-state index >= 15 is 0 Å². The van der Waals surface area contributed by atoms with Crippen LogP contribution >= 0.6 is 11.6 Å². The summed E-state index contributed by atoms with van der Waals surface area (Å²) in [6.07, 6.45) is 1.08. The molecule has 5 nitrogen and oxygen atoms in total. The lowest BCUT2D eigenvalue weighted by Crippen LogP contribution is -2.48. The molecule has 0 atom stereocenters. The van der Waals surface area contributed by atoms with Crippen molar-refractivity contribution in [1.82, 2.24) is 9.21 Å². The van der Waals surface area contributed by atoms with Crippen LogP contribution in [-0.4, -0.2) is 50.3 Å². The predicted molar refractivity (Wildman–Crippen MR) is 86.1 cm³/mol. The van der Waals surface area contributed by atoms with Crippen LogP contribution in [0.15, 0.2) is 17.0 Å². The zero-order valence-electron chi connectivity index (χ0n) is 12.5. The highest BCUT2D eigenvalue weighted by molar-refractivity contribution is 7.89. The predicted octanol–water partition coefficient (Wildman–Crippen LogP) is 1.95. The van der Waals surface area contributed by atoms with Crippen molar-refractivity contribution < 1.29 is 8.42 Å². The second kappa shape index (κ2) is 6.52. The van der Waals surface area contributed by atoms with E-state index in [4.69, 9.17) is 17.3 Å². The van der Waals surface area contributed by atoms with Crippen LogP contribution in [0.5, 0.6) is 0 Å². The van der Waals surface area contributed by atoms with Gasteiger partial charge in [0, 0.05) is 31.9 Å². The lowest BCUT2D eigenvalue weighted by Gasteiger charge is -2.34. The molecule has 0 aliphatic carbocycles. The number of hydrogen-bond donors (Lipinski definition) is 1. The molecular weight excluding hydrogens is 310 g/mol. The van der Waals surface area contributed by atoms with Crippen molar-refractivity contribution in [2.24, 2.45) is 0 Å².